The largest absolute Gasteiger partial charge is 0.444 e. The Balaban J connectivity index is 3.26. The first-order valence-corrected chi connectivity index (χ1v) is 10.4. The maximum atomic E-state index is 13.3. The normalized spacial score (nSPS) is 13.5. The monoisotopic (exact) mass is 431 g/mol. The van der Waals surface area contributed by atoms with Crippen molar-refractivity contribution < 1.29 is 19.1 Å². The molecule has 0 radical (unpaired) electrons. The van der Waals surface area contributed by atoms with E-state index in [4.69, 9.17) is 4.74 Å². The number of ether oxygens (including phenoxy) is 1. The molecule has 0 saturated carbocycles. The Morgan fingerprint density at radius 1 is 1.10 bits per heavy atom. The van der Waals surface area contributed by atoms with Gasteiger partial charge in [0, 0.05) is 12.1 Å². The first-order valence-electron chi connectivity index (χ1n) is 10.4. The van der Waals surface area contributed by atoms with E-state index in [1.807, 2.05) is 52.0 Å². The summed E-state index contributed by atoms with van der Waals surface area (Å²) >= 11 is 0. The molecule has 2 N–H and O–H groups in total. The molecule has 1 aromatic rings. The molecule has 3 amide bonds. The molecule has 0 aromatic heterocycles. The number of carbonyl (C=O) groups excluding carboxylic acids is 3. The fourth-order valence-electron chi connectivity index (χ4n) is 2.92. The summed E-state index contributed by atoms with van der Waals surface area (Å²) in [5.41, 5.74) is 0.542. The highest BCUT2D eigenvalue weighted by Crippen LogP contribution is 2.24. The number of alkyl carbamates (subject to hydrolysis) is 1. The predicted molar refractivity (Wildman–Crippen MR) is 123 cm³/mol. The van der Waals surface area contributed by atoms with E-state index >= 15 is 0 Å². The van der Waals surface area contributed by atoms with Gasteiger partial charge in [0.25, 0.3) is 0 Å². The third-order valence-corrected chi connectivity index (χ3v) is 4.16. The van der Waals surface area contributed by atoms with Crippen molar-refractivity contribution >= 4 is 17.9 Å². The van der Waals surface area contributed by atoms with E-state index in [-0.39, 0.29) is 12.5 Å². The topological polar surface area (TPSA) is 87.7 Å². The van der Waals surface area contributed by atoms with Crippen molar-refractivity contribution in [2.75, 3.05) is 6.54 Å². The zero-order valence-corrected chi connectivity index (χ0v) is 20.0. The lowest BCUT2D eigenvalue weighted by Crippen LogP contribution is -2.53. The van der Waals surface area contributed by atoms with Crippen molar-refractivity contribution in [3.05, 3.63) is 48.0 Å². The van der Waals surface area contributed by atoms with Crippen LogP contribution < -0.4 is 10.6 Å². The van der Waals surface area contributed by atoms with Crippen LogP contribution in [0, 0.1) is 6.92 Å². The average molecular weight is 432 g/mol. The van der Waals surface area contributed by atoms with E-state index in [0.29, 0.717) is 5.56 Å². The van der Waals surface area contributed by atoms with Gasteiger partial charge in [0.1, 0.15) is 17.7 Å². The van der Waals surface area contributed by atoms with Crippen LogP contribution in [0.15, 0.2) is 36.9 Å². The first kappa shape index (κ1) is 26.2. The molecule has 31 heavy (non-hydrogen) atoms. The van der Waals surface area contributed by atoms with Crippen molar-refractivity contribution in [2.24, 2.45) is 0 Å². The van der Waals surface area contributed by atoms with Gasteiger partial charge in [-0.05, 0) is 61.0 Å². The molecular weight excluding hydrogens is 394 g/mol. The molecule has 0 saturated heterocycles. The summed E-state index contributed by atoms with van der Waals surface area (Å²) in [5, 5.41) is 5.52. The standard InChI is InChI=1S/C24H37N3O4/c1-10-15-27(21(29)17(3)25-22(30)31-24(7,8)9)19(20(28)26-23(4,5)6)18-13-11-16(2)12-14-18/h10-14,17,19H,1,15H2,2-9H3,(H,25,30)(H,26,28). The number of aryl methyl sites for hydroxylation is 1. The van der Waals surface area contributed by atoms with Crippen molar-refractivity contribution in [2.45, 2.75) is 78.6 Å². The highest BCUT2D eigenvalue weighted by Gasteiger charge is 2.35. The number of benzene rings is 1. The van der Waals surface area contributed by atoms with E-state index in [1.54, 1.807) is 33.8 Å². The minimum atomic E-state index is -0.898. The molecule has 1 aromatic carbocycles. The first-order chi connectivity index (χ1) is 14.1. The molecule has 2 atom stereocenters. The van der Waals surface area contributed by atoms with Crippen LogP contribution in [0.1, 0.15) is 65.6 Å². The van der Waals surface area contributed by atoms with Crippen LogP contribution in [0.5, 0.6) is 0 Å². The van der Waals surface area contributed by atoms with E-state index in [0.717, 1.165) is 5.56 Å². The van der Waals surface area contributed by atoms with Gasteiger partial charge in [-0.2, -0.15) is 0 Å². The summed E-state index contributed by atoms with van der Waals surface area (Å²) in [6, 6.07) is 5.67. The third kappa shape index (κ3) is 8.82. The molecule has 0 bridgehead atoms. The van der Waals surface area contributed by atoms with Crippen LogP contribution in [0.3, 0.4) is 0 Å². The number of amides is 3. The molecule has 2 unspecified atom stereocenters. The summed E-state index contributed by atoms with van der Waals surface area (Å²) in [7, 11) is 0. The smallest absolute Gasteiger partial charge is 0.408 e. The van der Waals surface area contributed by atoms with Gasteiger partial charge in [-0.25, -0.2) is 4.79 Å². The van der Waals surface area contributed by atoms with E-state index in [9.17, 15) is 14.4 Å². The van der Waals surface area contributed by atoms with Crippen LogP contribution in [-0.2, 0) is 14.3 Å². The quantitative estimate of drug-likeness (QED) is 0.642. The van der Waals surface area contributed by atoms with Crippen LogP contribution in [0.4, 0.5) is 4.79 Å². The number of hydrogen-bond acceptors (Lipinski definition) is 4. The highest BCUT2D eigenvalue weighted by molar-refractivity contribution is 5.92. The molecule has 0 fully saturated rings. The zero-order chi connectivity index (χ0) is 24.0. The Hall–Kier alpha value is -2.83. The second-order valence-electron chi connectivity index (χ2n) is 9.70. The number of nitrogens with zero attached hydrogens (tertiary/aromatic N) is 1. The van der Waals surface area contributed by atoms with E-state index in [1.165, 1.54) is 4.90 Å². The van der Waals surface area contributed by atoms with Crippen molar-refractivity contribution in [3.63, 3.8) is 0 Å². The summed E-state index contributed by atoms with van der Waals surface area (Å²) < 4.78 is 5.25. The average Bonchev–Trinajstić information content (AvgIpc) is 2.59. The van der Waals surface area contributed by atoms with Crippen LogP contribution in [-0.4, -0.2) is 46.5 Å². The Bertz CT molecular complexity index is 789. The Kier molecular flexibility index (Phi) is 8.85. The summed E-state index contributed by atoms with van der Waals surface area (Å²) in [6.07, 6.45) is 0.863. The van der Waals surface area contributed by atoms with Crippen LogP contribution in [0.25, 0.3) is 0 Å². The molecule has 1 rings (SSSR count). The summed E-state index contributed by atoms with van der Waals surface area (Å²) in [4.78, 5) is 40.1. The van der Waals surface area contributed by atoms with Gasteiger partial charge >= 0.3 is 6.09 Å². The van der Waals surface area contributed by atoms with Crippen molar-refractivity contribution in [1.82, 2.24) is 15.5 Å². The minimum Gasteiger partial charge on any atom is -0.444 e. The van der Waals surface area contributed by atoms with E-state index < -0.39 is 35.2 Å². The third-order valence-electron chi connectivity index (χ3n) is 4.16. The molecule has 0 spiro atoms. The van der Waals surface area contributed by atoms with Gasteiger partial charge in [0.15, 0.2) is 0 Å². The summed E-state index contributed by atoms with van der Waals surface area (Å²) in [6.45, 7) is 18.3. The lowest BCUT2D eigenvalue weighted by Gasteiger charge is -2.34. The maximum absolute atomic E-state index is 13.3. The lowest BCUT2D eigenvalue weighted by atomic mass is 10.00. The summed E-state index contributed by atoms with van der Waals surface area (Å²) in [5.74, 6) is -0.726. The second kappa shape index (κ2) is 10.5. The van der Waals surface area contributed by atoms with Crippen LogP contribution >= 0.6 is 0 Å². The second-order valence-corrected chi connectivity index (χ2v) is 9.70. The predicted octanol–water partition coefficient (Wildman–Crippen LogP) is 3.88. The fourth-order valence-corrected chi connectivity index (χ4v) is 2.92. The molecule has 0 aliphatic rings. The number of nitrogens with one attached hydrogen (secondary N) is 2. The lowest BCUT2D eigenvalue weighted by molar-refractivity contribution is -0.142. The van der Waals surface area contributed by atoms with Gasteiger partial charge in [0.05, 0.1) is 0 Å². The Labute approximate surface area is 186 Å². The fraction of sp³-hybridized carbons (Fsp3) is 0.542. The van der Waals surface area contributed by atoms with Crippen molar-refractivity contribution in [1.29, 1.82) is 0 Å². The molecule has 7 nitrogen and oxygen atoms in total. The highest BCUT2D eigenvalue weighted by atomic mass is 16.6. The van der Waals surface area contributed by atoms with Gasteiger partial charge in [-0.3, -0.25) is 9.59 Å². The van der Waals surface area contributed by atoms with Gasteiger partial charge in [-0.1, -0.05) is 35.9 Å². The van der Waals surface area contributed by atoms with E-state index in [2.05, 4.69) is 17.2 Å². The molecule has 0 heterocycles. The van der Waals surface area contributed by atoms with Crippen molar-refractivity contribution in [3.8, 4) is 0 Å². The van der Waals surface area contributed by atoms with Gasteiger partial charge in [-0.15, -0.1) is 6.58 Å². The number of rotatable bonds is 7. The SMILES string of the molecule is C=CCN(C(=O)C(C)NC(=O)OC(C)(C)C)C(C(=O)NC(C)(C)C)c1ccc(C)cc1. The Morgan fingerprint density at radius 2 is 1.65 bits per heavy atom. The molecule has 7 heteroatoms. The molecule has 172 valence electrons. The number of hydrogen-bond donors (Lipinski definition) is 2. The number of carbonyl (C=O) groups is 3. The van der Waals surface area contributed by atoms with Gasteiger partial charge < -0.3 is 20.3 Å². The molecular formula is C24H37N3O4. The van der Waals surface area contributed by atoms with Crippen LogP contribution in [0.2, 0.25) is 0 Å². The zero-order valence-electron chi connectivity index (χ0n) is 20.0. The minimum absolute atomic E-state index is 0.134. The molecule has 0 aliphatic heterocycles. The maximum Gasteiger partial charge on any atom is 0.408 e. The molecule has 0 aliphatic carbocycles. The van der Waals surface area contributed by atoms with Gasteiger partial charge in [0.2, 0.25) is 11.8 Å². The Morgan fingerprint density at radius 3 is 2.10 bits per heavy atom.